The molecule has 1 aromatic carbocycles. The third-order valence-electron chi connectivity index (χ3n) is 1.74. The van der Waals surface area contributed by atoms with E-state index in [1.165, 1.54) is 19.2 Å². The van der Waals surface area contributed by atoms with Crippen molar-refractivity contribution in [1.29, 1.82) is 0 Å². The highest BCUT2D eigenvalue weighted by Gasteiger charge is 2.03. The number of methoxy groups -OCH3 is 1. The SMILES string of the molecule is C=C(C)Cc1ccc(F)cc1OC. The fourth-order valence-corrected chi connectivity index (χ4v) is 1.19. The summed E-state index contributed by atoms with van der Waals surface area (Å²) in [5, 5.41) is 0. The second-order valence-electron chi connectivity index (χ2n) is 3.09. The highest BCUT2D eigenvalue weighted by atomic mass is 19.1. The molecule has 0 unspecified atom stereocenters. The predicted molar refractivity (Wildman–Crippen MR) is 51.5 cm³/mol. The van der Waals surface area contributed by atoms with Crippen LogP contribution in [0.5, 0.6) is 5.75 Å². The molecule has 0 atom stereocenters. The fourth-order valence-electron chi connectivity index (χ4n) is 1.19. The highest BCUT2D eigenvalue weighted by Crippen LogP contribution is 2.21. The summed E-state index contributed by atoms with van der Waals surface area (Å²) in [6.45, 7) is 5.73. The van der Waals surface area contributed by atoms with Crippen LogP contribution in [-0.2, 0) is 6.42 Å². The molecule has 2 heteroatoms. The molecule has 0 N–H and O–H groups in total. The smallest absolute Gasteiger partial charge is 0.126 e. The Balaban J connectivity index is 2.99. The van der Waals surface area contributed by atoms with Gasteiger partial charge in [-0.1, -0.05) is 18.2 Å². The van der Waals surface area contributed by atoms with Gasteiger partial charge in [0, 0.05) is 6.07 Å². The molecule has 1 aromatic rings. The molecule has 13 heavy (non-hydrogen) atoms. The minimum Gasteiger partial charge on any atom is -0.496 e. The Morgan fingerprint density at radius 2 is 2.23 bits per heavy atom. The second-order valence-corrected chi connectivity index (χ2v) is 3.09. The number of allylic oxidation sites excluding steroid dienone is 1. The Labute approximate surface area is 77.8 Å². The maximum Gasteiger partial charge on any atom is 0.126 e. The van der Waals surface area contributed by atoms with E-state index in [1.807, 2.05) is 6.92 Å². The first-order valence-electron chi connectivity index (χ1n) is 4.10. The first-order valence-corrected chi connectivity index (χ1v) is 4.10. The van der Waals surface area contributed by atoms with Crippen LogP contribution in [0.3, 0.4) is 0 Å². The van der Waals surface area contributed by atoms with Gasteiger partial charge in [-0.2, -0.15) is 0 Å². The number of ether oxygens (including phenoxy) is 1. The zero-order chi connectivity index (χ0) is 9.84. The van der Waals surface area contributed by atoms with Gasteiger partial charge in [0.15, 0.2) is 0 Å². The van der Waals surface area contributed by atoms with Crippen molar-refractivity contribution in [3.05, 3.63) is 41.7 Å². The quantitative estimate of drug-likeness (QED) is 0.650. The molecule has 0 spiro atoms. The van der Waals surface area contributed by atoms with Crippen LogP contribution in [0.1, 0.15) is 12.5 Å². The van der Waals surface area contributed by atoms with Gasteiger partial charge >= 0.3 is 0 Å². The Morgan fingerprint density at radius 3 is 2.77 bits per heavy atom. The van der Waals surface area contributed by atoms with Crippen molar-refractivity contribution in [2.75, 3.05) is 7.11 Å². The molecule has 0 saturated heterocycles. The average molecular weight is 180 g/mol. The molecule has 0 aliphatic carbocycles. The van der Waals surface area contributed by atoms with E-state index < -0.39 is 0 Å². The van der Waals surface area contributed by atoms with E-state index in [2.05, 4.69) is 6.58 Å². The molecular weight excluding hydrogens is 167 g/mol. The van der Waals surface area contributed by atoms with Gasteiger partial charge < -0.3 is 4.74 Å². The van der Waals surface area contributed by atoms with Crippen LogP contribution in [0.25, 0.3) is 0 Å². The van der Waals surface area contributed by atoms with Crippen molar-refractivity contribution >= 4 is 0 Å². The van der Waals surface area contributed by atoms with Gasteiger partial charge in [-0.05, 0) is 25.0 Å². The van der Waals surface area contributed by atoms with Crippen molar-refractivity contribution in [3.63, 3.8) is 0 Å². The summed E-state index contributed by atoms with van der Waals surface area (Å²) >= 11 is 0. The van der Waals surface area contributed by atoms with Crippen molar-refractivity contribution in [2.24, 2.45) is 0 Å². The van der Waals surface area contributed by atoms with E-state index in [4.69, 9.17) is 4.74 Å². The summed E-state index contributed by atoms with van der Waals surface area (Å²) in [5.41, 5.74) is 2.00. The minimum absolute atomic E-state index is 0.276. The molecule has 0 radical (unpaired) electrons. The number of halogens is 1. The van der Waals surface area contributed by atoms with E-state index in [1.54, 1.807) is 6.07 Å². The maximum atomic E-state index is 12.8. The largest absolute Gasteiger partial charge is 0.496 e. The Morgan fingerprint density at radius 1 is 1.54 bits per heavy atom. The lowest BCUT2D eigenvalue weighted by atomic mass is 10.1. The average Bonchev–Trinajstić information content (AvgIpc) is 2.07. The first-order chi connectivity index (χ1) is 6.13. The van der Waals surface area contributed by atoms with Gasteiger partial charge in [0.1, 0.15) is 11.6 Å². The molecule has 1 nitrogen and oxygen atoms in total. The zero-order valence-corrected chi connectivity index (χ0v) is 7.93. The minimum atomic E-state index is -0.276. The van der Waals surface area contributed by atoms with Crippen molar-refractivity contribution in [1.82, 2.24) is 0 Å². The molecule has 0 aliphatic heterocycles. The zero-order valence-electron chi connectivity index (χ0n) is 7.93. The van der Waals surface area contributed by atoms with Gasteiger partial charge in [0.2, 0.25) is 0 Å². The van der Waals surface area contributed by atoms with Crippen molar-refractivity contribution in [3.8, 4) is 5.75 Å². The summed E-state index contributed by atoms with van der Waals surface area (Å²) in [4.78, 5) is 0. The molecule has 0 aromatic heterocycles. The van der Waals surface area contributed by atoms with Crippen LogP contribution in [0, 0.1) is 5.82 Å². The predicted octanol–water partition coefficient (Wildman–Crippen LogP) is 2.95. The summed E-state index contributed by atoms with van der Waals surface area (Å²) in [5.74, 6) is 0.310. The van der Waals surface area contributed by atoms with Crippen LogP contribution >= 0.6 is 0 Å². The van der Waals surface area contributed by atoms with Crippen molar-refractivity contribution < 1.29 is 9.13 Å². The van der Waals surface area contributed by atoms with Gasteiger partial charge in [-0.15, -0.1) is 0 Å². The number of benzene rings is 1. The standard InChI is InChI=1S/C11H13FO/c1-8(2)6-9-4-5-10(12)7-11(9)13-3/h4-5,7H,1,6H2,2-3H3. The lowest BCUT2D eigenvalue weighted by Gasteiger charge is -2.07. The third-order valence-corrected chi connectivity index (χ3v) is 1.74. The monoisotopic (exact) mass is 180 g/mol. The molecule has 1 rings (SSSR count). The Bertz CT molecular complexity index is 318. The van der Waals surface area contributed by atoms with Gasteiger partial charge in [0.25, 0.3) is 0 Å². The Kier molecular flexibility index (Phi) is 3.07. The summed E-state index contributed by atoms with van der Waals surface area (Å²) in [6.07, 6.45) is 0.726. The molecule has 0 aliphatic rings. The summed E-state index contributed by atoms with van der Waals surface area (Å²) in [7, 11) is 1.54. The van der Waals surface area contributed by atoms with E-state index in [-0.39, 0.29) is 5.82 Å². The summed E-state index contributed by atoms with van der Waals surface area (Å²) in [6, 6.07) is 4.54. The highest BCUT2D eigenvalue weighted by molar-refractivity contribution is 5.36. The van der Waals surface area contributed by atoms with Crippen LogP contribution in [0.2, 0.25) is 0 Å². The molecule has 0 heterocycles. The van der Waals surface area contributed by atoms with E-state index >= 15 is 0 Å². The van der Waals surface area contributed by atoms with E-state index in [0.29, 0.717) is 5.75 Å². The third kappa shape index (κ3) is 2.58. The first kappa shape index (κ1) is 9.78. The molecular formula is C11H13FO. The van der Waals surface area contributed by atoms with Crippen LogP contribution in [0.4, 0.5) is 4.39 Å². The Hall–Kier alpha value is -1.31. The summed E-state index contributed by atoms with van der Waals surface area (Å²) < 4.78 is 17.8. The molecule has 0 saturated carbocycles. The molecule has 70 valence electrons. The molecule has 0 fully saturated rings. The molecule has 0 bridgehead atoms. The number of hydrogen-bond donors (Lipinski definition) is 0. The second kappa shape index (κ2) is 4.08. The number of rotatable bonds is 3. The topological polar surface area (TPSA) is 9.23 Å². The molecule has 0 amide bonds. The van der Waals surface area contributed by atoms with Crippen LogP contribution < -0.4 is 4.74 Å². The van der Waals surface area contributed by atoms with Gasteiger partial charge in [-0.25, -0.2) is 4.39 Å². The van der Waals surface area contributed by atoms with Crippen molar-refractivity contribution in [2.45, 2.75) is 13.3 Å². The van der Waals surface area contributed by atoms with E-state index in [9.17, 15) is 4.39 Å². The fraction of sp³-hybridized carbons (Fsp3) is 0.273. The lowest BCUT2D eigenvalue weighted by molar-refractivity contribution is 0.407. The van der Waals surface area contributed by atoms with Gasteiger partial charge in [0.05, 0.1) is 7.11 Å². The van der Waals surface area contributed by atoms with Gasteiger partial charge in [-0.3, -0.25) is 0 Å². The van der Waals surface area contributed by atoms with E-state index in [0.717, 1.165) is 17.6 Å². The van der Waals surface area contributed by atoms with Crippen LogP contribution in [0.15, 0.2) is 30.4 Å². The van der Waals surface area contributed by atoms with Crippen LogP contribution in [-0.4, -0.2) is 7.11 Å². The normalized spacial score (nSPS) is 9.77. The maximum absolute atomic E-state index is 12.8. The number of hydrogen-bond acceptors (Lipinski definition) is 1. The lowest BCUT2D eigenvalue weighted by Crippen LogP contribution is -1.93.